The van der Waals surface area contributed by atoms with E-state index in [0.717, 1.165) is 12.1 Å². The molecule has 0 fully saturated rings. The molecular formula is C12H12F2N2O2. The summed E-state index contributed by atoms with van der Waals surface area (Å²) in [6.45, 7) is 2.91. The van der Waals surface area contributed by atoms with Gasteiger partial charge in [-0.25, -0.2) is 13.6 Å². The van der Waals surface area contributed by atoms with Gasteiger partial charge in [-0.1, -0.05) is 6.92 Å². The van der Waals surface area contributed by atoms with Crippen LogP contribution in [-0.2, 0) is 4.79 Å². The van der Waals surface area contributed by atoms with E-state index < -0.39 is 28.8 Å². The molecule has 18 heavy (non-hydrogen) atoms. The van der Waals surface area contributed by atoms with Crippen LogP contribution in [0.1, 0.15) is 25.8 Å². The van der Waals surface area contributed by atoms with Gasteiger partial charge in [0.05, 0.1) is 11.6 Å². The average molecular weight is 254 g/mol. The maximum Gasteiger partial charge on any atom is 0.329 e. The zero-order valence-electron chi connectivity index (χ0n) is 9.92. The third kappa shape index (κ3) is 2.56. The Kier molecular flexibility index (Phi) is 3.86. The Bertz CT molecular complexity index is 502. The van der Waals surface area contributed by atoms with Crippen LogP contribution in [0, 0.1) is 23.0 Å². The van der Waals surface area contributed by atoms with Crippen molar-refractivity contribution in [3.05, 3.63) is 29.3 Å². The van der Waals surface area contributed by atoms with Crippen molar-refractivity contribution in [2.24, 2.45) is 0 Å². The summed E-state index contributed by atoms with van der Waals surface area (Å²) in [7, 11) is 0. The summed E-state index contributed by atoms with van der Waals surface area (Å²) in [4.78, 5) is 11.0. The Labute approximate surface area is 103 Å². The molecule has 0 aliphatic rings. The van der Waals surface area contributed by atoms with Gasteiger partial charge in [0.15, 0.2) is 11.6 Å². The summed E-state index contributed by atoms with van der Waals surface area (Å²) in [5, 5.41) is 19.9. The van der Waals surface area contributed by atoms with Crippen LogP contribution in [0.25, 0.3) is 0 Å². The first kappa shape index (κ1) is 13.9. The van der Waals surface area contributed by atoms with Crippen molar-refractivity contribution < 1.29 is 18.7 Å². The van der Waals surface area contributed by atoms with Crippen LogP contribution in [0.15, 0.2) is 12.1 Å². The quantitative estimate of drug-likeness (QED) is 0.865. The number of carboxylic acids is 1. The van der Waals surface area contributed by atoms with Crippen LogP contribution in [0.4, 0.5) is 14.5 Å². The summed E-state index contributed by atoms with van der Waals surface area (Å²) in [6, 6.07) is 3.31. The maximum atomic E-state index is 13.6. The minimum Gasteiger partial charge on any atom is -0.480 e. The first-order chi connectivity index (χ1) is 8.34. The van der Waals surface area contributed by atoms with Gasteiger partial charge in [0.25, 0.3) is 0 Å². The topological polar surface area (TPSA) is 73.1 Å². The highest BCUT2D eigenvalue weighted by Crippen LogP contribution is 2.25. The number of hydrogen-bond donors (Lipinski definition) is 2. The second-order valence-electron chi connectivity index (χ2n) is 4.04. The van der Waals surface area contributed by atoms with Gasteiger partial charge >= 0.3 is 5.97 Å². The van der Waals surface area contributed by atoms with Crippen LogP contribution in [0.2, 0.25) is 0 Å². The zero-order valence-corrected chi connectivity index (χ0v) is 9.92. The van der Waals surface area contributed by atoms with Gasteiger partial charge in [0.2, 0.25) is 0 Å². The van der Waals surface area contributed by atoms with Crippen LogP contribution < -0.4 is 5.32 Å². The molecule has 0 saturated carbocycles. The van der Waals surface area contributed by atoms with E-state index in [1.165, 1.54) is 6.92 Å². The molecule has 0 spiro atoms. The Balaban J connectivity index is 3.20. The minimum absolute atomic E-state index is 0.140. The first-order valence-corrected chi connectivity index (χ1v) is 5.24. The van der Waals surface area contributed by atoms with Crippen molar-refractivity contribution in [1.29, 1.82) is 5.26 Å². The number of halogens is 2. The molecule has 2 N–H and O–H groups in total. The number of nitrogens with zero attached hydrogens (tertiary/aromatic N) is 1. The molecule has 0 saturated heterocycles. The number of hydrogen-bond acceptors (Lipinski definition) is 3. The Morgan fingerprint density at radius 1 is 1.50 bits per heavy atom. The highest BCUT2D eigenvalue weighted by atomic mass is 19.1. The van der Waals surface area contributed by atoms with Crippen LogP contribution >= 0.6 is 0 Å². The van der Waals surface area contributed by atoms with Gasteiger partial charge < -0.3 is 10.4 Å². The summed E-state index contributed by atoms with van der Waals surface area (Å²) in [5.41, 5.74) is -2.18. The normalized spacial score (nSPS) is 13.5. The SMILES string of the molecule is CCC(C)(Nc1c(F)cc(C#N)cc1F)C(=O)O. The van der Waals surface area contributed by atoms with Crippen molar-refractivity contribution in [2.45, 2.75) is 25.8 Å². The van der Waals surface area contributed by atoms with Gasteiger partial charge in [0, 0.05) is 0 Å². The third-order valence-corrected chi connectivity index (χ3v) is 2.75. The Morgan fingerprint density at radius 3 is 2.33 bits per heavy atom. The molecule has 1 rings (SSSR count). The lowest BCUT2D eigenvalue weighted by Crippen LogP contribution is -2.43. The smallest absolute Gasteiger partial charge is 0.329 e. The number of benzene rings is 1. The van der Waals surface area contributed by atoms with Crippen molar-refractivity contribution in [2.75, 3.05) is 5.32 Å². The average Bonchev–Trinajstić information content (AvgIpc) is 2.32. The molecule has 0 amide bonds. The van der Waals surface area contributed by atoms with Crippen molar-refractivity contribution in [3.63, 3.8) is 0 Å². The fourth-order valence-corrected chi connectivity index (χ4v) is 1.33. The van der Waals surface area contributed by atoms with Crippen LogP contribution in [0.5, 0.6) is 0 Å². The lowest BCUT2D eigenvalue weighted by atomic mass is 9.98. The van der Waals surface area contributed by atoms with E-state index in [1.807, 2.05) is 0 Å². The van der Waals surface area contributed by atoms with Crippen molar-refractivity contribution in [1.82, 2.24) is 0 Å². The fourth-order valence-electron chi connectivity index (χ4n) is 1.33. The van der Waals surface area contributed by atoms with Crippen LogP contribution in [-0.4, -0.2) is 16.6 Å². The highest BCUT2D eigenvalue weighted by Gasteiger charge is 2.32. The molecule has 1 aromatic carbocycles. The molecule has 6 heteroatoms. The largest absolute Gasteiger partial charge is 0.480 e. The first-order valence-electron chi connectivity index (χ1n) is 5.24. The number of aliphatic carboxylic acids is 1. The van der Waals surface area contributed by atoms with E-state index in [-0.39, 0.29) is 12.0 Å². The number of nitriles is 1. The van der Waals surface area contributed by atoms with E-state index >= 15 is 0 Å². The molecule has 1 aromatic rings. The Morgan fingerprint density at radius 2 is 2.00 bits per heavy atom. The fraction of sp³-hybridized carbons (Fsp3) is 0.333. The Hall–Kier alpha value is -2.16. The van der Waals surface area contributed by atoms with Gasteiger partial charge in [-0.15, -0.1) is 0 Å². The summed E-state index contributed by atoms with van der Waals surface area (Å²) in [5.74, 6) is -3.20. The monoisotopic (exact) mass is 254 g/mol. The second kappa shape index (κ2) is 5.00. The van der Waals surface area contributed by atoms with Gasteiger partial charge in [0.1, 0.15) is 11.2 Å². The lowest BCUT2D eigenvalue weighted by Gasteiger charge is -2.26. The molecule has 0 radical (unpaired) electrons. The summed E-state index contributed by atoms with van der Waals surface area (Å²) < 4.78 is 27.2. The van der Waals surface area contributed by atoms with Crippen LogP contribution in [0.3, 0.4) is 0 Å². The summed E-state index contributed by atoms with van der Waals surface area (Å²) >= 11 is 0. The van der Waals surface area contributed by atoms with E-state index in [9.17, 15) is 13.6 Å². The van der Waals surface area contributed by atoms with Gasteiger partial charge in [-0.3, -0.25) is 0 Å². The highest BCUT2D eigenvalue weighted by molar-refractivity contribution is 5.82. The molecule has 96 valence electrons. The molecule has 0 aliphatic carbocycles. The molecule has 0 heterocycles. The number of nitrogens with one attached hydrogen (secondary N) is 1. The predicted octanol–water partition coefficient (Wildman–Crippen LogP) is 2.50. The van der Waals surface area contributed by atoms with E-state index in [2.05, 4.69) is 5.32 Å². The second-order valence-corrected chi connectivity index (χ2v) is 4.04. The standard InChI is InChI=1S/C12H12F2N2O2/c1-3-12(2,11(17)18)16-10-8(13)4-7(6-15)5-9(10)14/h4-5,16H,3H2,1-2H3,(H,17,18). The molecule has 0 aromatic heterocycles. The van der Waals surface area contributed by atoms with Gasteiger partial charge in [-0.2, -0.15) is 5.26 Å². The zero-order chi connectivity index (χ0) is 13.9. The van der Waals surface area contributed by atoms with E-state index in [0.29, 0.717) is 0 Å². The number of rotatable bonds is 4. The number of carbonyl (C=O) groups is 1. The number of anilines is 1. The summed E-state index contributed by atoms with van der Waals surface area (Å²) in [6.07, 6.45) is 0.140. The van der Waals surface area contributed by atoms with E-state index in [4.69, 9.17) is 10.4 Å². The molecule has 1 atom stereocenters. The minimum atomic E-state index is -1.48. The molecule has 0 bridgehead atoms. The van der Waals surface area contributed by atoms with Crippen molar-refractivity contribution >= 4 is 11.7 Å². The maximum absolute atomic E-state index is 13.6. The van der Waals surface area contributed by atoms with Crippen molar-refractivity contribution in [3.8, 4) is 6.07 Å². The molecule has 4 nitrogen and oxygen atoms in total. The number of carboxylic acid groups (broad SMARTS) is 1. The van der Waals surface area contributed by atoms with E-state index in [1.54, 1.807) is 13.0 Å². The molecular weight excluding hydrogens is 242 g/mol. The third-order valence-electron chi connectivity index (χ3n) is 2.75. The molecule has 1 unspecified atom stereocenters. The lowest BCUT2D eigenvalue weighted by molar-refractivity contribution is -0.141. The predicted molar refractivity (Wildman–Crippen MR) is 61.0 cm³/mol. The van der Waals surface area contributed by atoms with Gasteiger partial charge in [-0.05, 0) is 25.5 Å². The molecule has 0 aliphatic heterocycles.